The fourth-order valence-corrected chi connectivity index (χ4v) is 3.01. The van der Waals surface area contributed by atoms with E-state index in [1.54, 1.807) is 13.8 Å². The molecule has 0 saturated heterocycles. The largest absolute Gasteiger partial charge is 0.397 e. The second kappa shape index (κ2) is 5.03. The minimum Gasteiger partial charge on any atom is -0.397 e. The molecule has 4 nitrogen and oxygen atoms in total. The first-order valence-corrected chi connectivity index (χ1v) is 6.80. The Morgan fingerprint density at radius 1 is 1.31 bits per heavy atom. The van der Waals surface area contributed by atoms with Gasteiger partial charge in [-0.25, -0.2) is 8.42 Å². The Morgan fingerprint density at radius 3 is 2.31 bits per heavy atom. The van der Waals surface area contributed by atoms with E-state index in [9.17, 15) is 8.42 Å². The van der Waals surface area contributed by atoms with Crippen LogP contribution < -0.4 is 5.73 Å². The van der Waals surface area contributed by atoms with Crippen molar-refractivity contribution in [3.05, 3.63) is 23.2 Å². The van der Waals surface area contributed by atoms with E-state index in [0.717, 1.165) is 0 Å². The lowest BCUT2D eigenvalue weighted by molar-refractivity contribution is 0.445. The summed E-state index contributed by atoms with van der Waals surface area (Å²) in [6.45, 7) is 4.45. The highest BCUT2D eigenvalue weighted by Crippen LogP contribution is 2.24. The van der Waals surface area contributed by atoms with Gasteiger partial charge in [-0.3, -0.25) is 0 Å². The van der Waals surface area contributed by atoms with Crippen molar-refractivity contribution >= 4 is 27.3 Å². The summed E-state index contributed by atoms with van der Waals surface area (Å²) in [6.07, 6.45) is 0. The van der Waals surface area contributed by atoms with Gasteiger partial charge in [-0.2, -0.15) is 4.31 Å². The minimum atomic E-state index is -3.45. The molecule has 1 aromatic rings. The average Bonchev–Trinajstić information content (AvgIpc) is 2.23. The van der Waals surface area contributed by atoms with Gasteiger partial charge >= 0.3 is 0 Å². The van der Waals surface area contributed by atoms with E-state index in [2.05, 4.69) is 0 Å². The Kier molecular flexibility index (Phi) is 4.18. The van der Waals surface area contributed by atoms with Gasteiger partial charge in [0, 0.05) is 13.1 Å². The van der Waals surface area contributed by atoms with E-state index in [1.807, 2.05) is 0 Å². The number of nitrogens with zero attached hydrogens (tertiary/aromatic N) is 1. The summed E-state index contributed by atoms with van der Waals surface area (Å²) in [5, 5.41) is 0.360. The van der Waals surface area contributed by atoms with Crippen LogP contribution in [0.2, 0.25) is 5.02 Å². The zero-order chi connectivity index (χ0) is 12.3. The quantitative estimate of drug-likeness (QED) is 0.844. The second-order valence-electron chi connectivity index (χ2n) is 3.27. The molecule has 6 heteroatoms. The molecule has 0 aliphatic rings. The van der Waals surface area contributed by atoms with Crippen molar-refractivity contribution in [2.24, 2.45) is 0 Å². The van der Waals surface area contributed by atoms with Crippen molar-refractivity contribution in [1.29, 1.82) is 0 Å². The summed E-state index contributed by atoms with van der Waals surface area (Å²) < 4.78 is 25.5. The molecule has 90 valence electrons. The maximum Gasteiger partial charge on any atom is 0.243 e. The summed E-state index contributed by atoms with van der Waals surface area (Å²) in [5.74, 6) is 0. The first kappa shape index (κ1) is 13.3. The molecule has 0 amide bonds. The highest BCUT2D eigenvalue weighted by molar-refractivity contribution is 7.89. The molecule has 1 aromatic carbocycles. The lowest BCUT2D eigenvalue weighted by Gasteiger charge is -2.18. The first-order chi connectivity index (χ1) is 7.43. The molecule has 0 atom stereocenters. The minimum absolute atomic E-state index is 0.179. The van der Waals surface area contributed by atoms with Crippen molar-refractivity contribution in [2.75, 3.05) is 18.8 Å². The fourth-order valence-electron chi connectivity index (χ4n) is 1.39. The number of hydrogen-bond donors (Lipinski definition) is 1. The lowest BCUT2D eigenvalue weighted by atomic mass is 10.3. The number of benzene rings is 1. The van der Waals surface area contributed by atoms with Crippen LogP contribution in [0.4, 0.5) is 5.69 Å². The van der Waals surface area contributed by atoms with E-state index in [-0.39, 0.29) is 10.6 Å². The molecular weight excluding hydrogens is 248 g/mol. The molecule has 0 radical (unpaired) electrons. The van der Waals surface area contributed by atoms with E-state index >= 15 is 0 Å². The van der Waals surface area contributed by atoms with Crippen molar-refractivity contribution in [3.63, 3.8) is 0 Å². The van der Waals surface area contributed by atoms with E-state index in [0.29, 0.717) is 18.1 Å². The van der Waals surface area contributed by atoms with Gasteiger partial charge in [-0.05, 0) is 18.2 Å². The van der Waals surface area contributed by atoms with E-state index < -0.39 is 10.0 Å². The number of nitrogens with two attached hydrogens (primary N) is 1. The number of sulfonamides is 1. The van der Waals surface area contributed by atoms with Crippen LogP contribution in [0.5, 0.6) is 0 Å². The van der Waals surface area contributed by atoms with Crippen LogP contribution >= 0.6 is 11.6 Å². The molecule has 0 bridgehead atoms. The van der Waals surface area contributed by atoms with Crippen molar-refractivity contribution < 1.29 is 8.42 Å². The SMILES string of the molecule is CCN(CC)S(=O)(=O)c1ccc(Cl)c(N)c1. The molecular formula is C10H15ClN2O2S. The standard InChI is InChI=1S/C10H15ClN2O2S/c1-3-13(4-2)16(14,15)8-5-6-9(11)10(12)7-8/h5-7H,3-4,12H2,1-2H3. The molecule has 0 aliphatic heterocycles. The van der Waals surface area contributed by atoms with E-state index in [1.165, 1.54) is 22.5 Å². The average molecular weight is 263 g/mol. The lowest BCUT2D eigenvalue weighted by Crippen LogP contribution is -2.30. The van der Waals surface area contributed by atoms with Crippen molar-refractivity contribution in [1.82, 2.24) is 4.31 Å². The van der Waals surface area contributed by atoms with Crippen molar-refractivity contribution in [2.45, 2.75) is 18.7 Å². The van der Waals surface area contributed by atoms with Crippen LogP contribution in [0.1, 0.15) is 13.8 Å². The topological polar surface area (TPSA) is 63.4 Å². The Morgan fingerprint density at radius 2 is 1.88 bits per heavy atom. The third-order valence-corrected chi connectivity index (χ3v) is 4.70. The van der Waals surface area contributed by atoms with Gasteiger partial charge in [0.2, 0.25) is 10.0 Å². The zero-order valence-electron chi connectivity index (χ0n) is 9.27. The molecule has 0 heterocycles. The molecule has 1 rings (SSSR count). The van der Waals surface area contributed by atoms with Gasteiger partial charge in [-0.1, -0.05) is 25.4 Å². The molecule has 0 saturated carbocycles. The second-order valence-corrected chi connectivity index (χ2v) is 5.62. The summed E-state index contributed by atoms with van der Waals surface area (Å²) in [7, 11) is -3.45. The van der Waals surface area contributed by atoms with Gasteiger partial charge in [0.1, 0.15) is 0 Å². The summed E-state index contributed by atoms with van der Waals surface area (Å²) in [5.41, 5.74) is 5.86. The van der Waals surface area contributed by atoms with Gasteiger partial charge in [0.15, 0.2) is 0 Å². The Balaban J connectivity index is 3.22. The predicted molar refractivity (Wildman–Crippen MR) is 66.0 cm³/mol. The van der Waals surface area contributed by atoms with Crippen LogP contribution in [0.25, 0.3) is 0 Å². The summed E-state index contributed by atoms with van der Waals surface area (Å²) in [6, 6.07) is 4.34. The van der Waals surface area contributed by atoms with Gasteiger partial charge in [0.05, 0.1) is 15.6 Å². The third kappa shape index (κ3) is 2.48. The zero-order valence-corrected chi connectivity index (χ0v) is 10.8. The third-order valence-electron chi connectivity index (χ3n) is 2.31. The number of hydrogen-bond acceptors (Lipinski definition) is 3. The molecule has 0 unspecified atom stereocenters. The van der Waals surface area contributed by atoms with Crippen LogP contribution in [0, 0.1) is 0 Å². The Labute approximate surface area is 101 Å². The Bertz CT molecular complexity index is 470. The predicted octanol–water partition coefficient (Wildman–Crippen LogP) is 1.95. The monoisotopic (exact) mass is 262 g/mol. The summed E-state index contributed by atoms with van der Waals surface area (Å²) in [4.78, 5) is 0.179. The molecule has 0 spiro atoms. The molecule has 0 aromatic heterocycles. The highest BCUT2D eigenvalue weighted by atomic mass is 35.5. The summed E-state index contributed by atoms with van der Waals surface area (Å²) >= 11 is 5.74. The van der Waals surface area contributed by atoms with Gasteiger partial charge < -0.3 is 5.73 Å². The first-order valence-electron chi connectivity index (χ1n) is 4.98. The number of nitrogen functional groups attached to an aromatic ring is 1. The highest BCUT2D eigenvalue weighted by Gasteiger charge is 2.21. The molecule has 2 N–H and O–H groups in total. The fraction of sp³-hybridized carbons (Fsp3) is 0.400. The van der Waals surface area contributed by atoms with Crippen molar-refractivity contribution in [3.8, 4) is 0 Å². The van der Waals surface area contributed by atoms with Crippen LogP contribution in [0.3, 0.4) is 0 Å². The van der Waals surface area contributed by atoms with Crippen LogP contribution in [-0.4, -0.2) is 25.8 Å². The smallest absolute Gasteiger partial charge is 0.243 e. The van der Waals surface area contributed by atoms with Crippen LogP contribution in [-0.2, 0) is 10.0 Å². The van der Waals surface area contributed by atoms with E-state index in [4.69, 9.17) is 17.3 Å². The maximum absolute atomic E-state index is 12.1. The Hall–Kier alpha value is -0.780. The number of anilines is 1. The maximum atomic E-state index is 12.1. The molecule has 0 fully saturated rings. The number of halogens is 1. The van der Waals surface area contributed by atoms with Gasteiger partial charge in [0.25, 0.3) is 0 Å². The van der Waals surface area contributed by atoms with Gasteiger partial charge in [-0.15, -0.1) is 0 Å². The molecule has 0 aliphatic carbocycles. The number of rotatable bonds is 4. The molecule has 16 heavy (non-hydrogen) atoms. The van der Waals surface area contributed by atoms with Crippen LogP contribution in [0.15, 0.2) is 23.1 Å². The normalized spacial score (nSPS) is 12.0.